The van der Waals surface area contributed by atoms with Crippen molar-refractivity contribution in [2.45, 2.75) is 57.7 Å². The summed E-state index contributed by atoms with van der Waals surface area (Å²) in [7, 11) is 0. The van der Waals surface area contributed by atoms with Crippen molar-refractivity contribution in [3.05, 3.63) is 78.0 Å². The van der Waals surface area contributed by atoms with Crippen LogP contribution in [-0.4, -0.2) is 47.1 Å². The monoisotopic (exact) mass is 471 g/mol. The van der Waals surface area contributed by atoms with Crippen molar-refractivity contribution in [1.29, 1.82) is 0 Å². The maximum atomic E-state index is 6.17. The van der Waals surface area contributed by atoms with Gasteiger partial charge in [0.05, 0.1) is 0 Å². The molecular weight excluding hydrogens is 434 g/mol. The predicted molar refractivity (Wildman–Crippen MR) is 142 cm³/mol. The number of anilines is 2. The van der Waals surface area contributed by atoms with Gasteiger partial charge in [0.15, 0.2) is 0 Å². The minimum atomic E-state index is 0.412. The van der Waals surface area contributed by atoms with Crippen LogP contribution in [0, 0.1) is 0 Å². The lowest BCUT2D eigenvalue weighted by molar-refractivity contribution is 0.206. The van der Waals surface area contributed by atoms with Crippen LogP contribution in [-0.2, 0) is 13.2 Å². The third-order valence-electron chi connectivity index (χ3n) is 7.10. The van der Waals surface area contributed by atoms with Gasteiger partial charge in [-0.25, -0.2) is 4.98 Å². The summed E-state index contributed by atoms with van der Waals surface area (Å²) in [6, 6.07) is 21.3. The highest BCUT2D eigenvalue weighted by Gasteiger charge is 2.21. The zero-order chi connectivity index (χ0) is 23.7. The maximum Gasteiger partial charge on any atom is 0.224 e. The number of nitrogens with zero attached hydrogens (tertiary/aromatic N) is 4. The molecule has 1 aromatic heterocycles. The van der Waals surface area contributed by atoms with Crippen LogP contribution in [0.5, 0.6) is 5.75 Å². The summed E-state index contributed by atoms with van der Waals surface area (Å²) in [5, 5.41) is 3.61. The van der Waals surface area contributed by atoms with E-state index in [9.17, 15) is 0 Å². The topological polar surface area (TPSA) is 53.5 Å². The molecule has 184 valence electrons. The fourth-order valence-electron chi connectivity index (χ4n) is 5.06. The molecule has 6 heteroatoms. The van der Waals surface area contributed by atoms with Gasteiger partial charge < -0.3 is 15.0 Å². The first-order chi connectivity index (χ1) is 17.3. The van der Waals surface area contributed by atoms with Gasteiger partial charge in [0.2, 0.25) is 5.95 Å². The number of ether oxygens (including phenoxy) is 1. The Bertz CT molecular complexity index is 1040. The van der Waals surface area contributed by atoms with Crippen molar-refractivity contribution >= 4 is 11.8 Å². The van der Waals surface area contributed by atoms with Gasteiger partial charge in [-0.1, -0.05) is 61.4 Å². The van der Waals surface area contributed by atoms with Crippen molar-refractivity contribution in [1.82, 2.24) is 14.9 Å². The Hall–Kier alpha value is -3.12. The molecule has 0 spiro atoms. The molecule has 0 amide bonds. The van der Waals surface area contributed by atoms with E-state index in [1.54, 1.807) is 0 Å². The summed E-state index contributed by atoms with van der Waals surface area (Å²) < 4.78 is 6.17. The summed E-state index contributed by atoms with van der Waals surface area (Å²) in [6.07, 6.45) is 9.24. The van der Waals surface area contributed by atoms with E-state index in [1.165, 1.54) is 36.8 Å². The van der Waals surface area contributed by atoms with Gasteiger partial charge >= 0.3 is 0 Å². The third-order valence-corrected chi connectivity index (χ3v) is 7.10. The highest BCUT2D eigenvalue weighted by Crippen LogP contribution is 2.24. The molecule has 6 nitrogen and oxygen atoms in total. The molecule has 5 rings (SSSR count). The Morgan fingerprint density at radius 2 is 1.57 bits per heavy atom. The second-order valence-corrected chi connectivity index (χ2v) is 9.72. The number of para-hydroxylation sites is 1. The number of likely N-dealkylation sites (tertiary alicyclic amines) is 1. The fourth-order valence-corrected chi connectivity index (χ4v) is 5.06. The zero-order valence-electron chi connectivity index (χ0n) is 20.6. The largest absolute Gasteiger partial charge is 0.489 e. The van der Waals surface area contributed by atoms with Crippen LogP contribution in [0.2, 0.25) is 0 Å². The Morgan fingerprint density at radius 1 is 0.829 bits per heavy atom. The van der Waals surface area contributed by atoms with Crippen molar-refractivity contribution < 1.29 is 4.74 Å². The molecule has 0 radical (unpaired) electrons. The number of benzene rings is 2. The van der Waals surface area contributed by atoms with Gasteiger partial charge in [0.25, 0.3) is 0 Å². The lowest BCUT2D eigenvalue weighted by atomic mass is 10.0. The quantitative estimate of drug-likeness (QED) is 0.467. The first-order valence-corrected chi connectivity index (χ1v) is 13.1. The number of hydrogen-bond acceptors (Lipinski definition) is 6. The van der Waals surface area contributed by atoms with Gasteiger partial charge in [-0.05, 0) is 43.4 Å². The second-order valence-electron chi connectivity index (χ2n) is 9.72. The van der Waals surface area contributed by atoms with E-state index in [-0.39, 0.29) is 0 Å². The van der Waals surface area contributed by atoms with Gasteiger partial charge in [-0.15, -0.1) is 0 Å². The van der Waals surface area contributed by atoms with E-state index >= 15 is 0 Å². The standard InChI is InChI=1S/C29H37N5O/c1-2-9-19-34(18-8-1)28-14-17-30-29(32-28)31-26-15-20-33(21-16-26)22-25-12-6-7-13-27(25)35-23-24-10-4-3-5-11-24/h3-7,10-14,17,26H,1-2,8-9,15-16,18-23H2,(H,30,31,32). The van der Waals surface area contributed by atoms with E-state index in [4.69, 9.17) is 9.72 Å². The van der Waals surface area contributed by atoms with Crippen LogP contribution >= 0.6 is 0 Å². The molecule has 0 aliphatic carbocycles. The number of piperidine rings is 1. The lowest BCUT2D eigenvalue weighted by Crippen LogP contribution is -2.39. The van der Waals surface area contributed by atoms with Crippen molar-refractivity contribution in [3.8, 4) is 5.75 Å². The summed E-state index contributed by atoms with van der Waals surface area (Å²) in [6.45, 7) is 5.82. The van der Waals surface area contributed by atoms with Crippen LogP contribution in [0.15, 0.2) is 66.9 Å². The van der Waals surface area contributed by atoms with E-state index in [0.717, 1.165) is 63.1 Å². The molecule has 3 heterocycles. The molecule has 2 aliphatic heterocycles. The first-order valence-electron chi connectivity index (χ1n) is 13.1. The van der Waals surface area contributed by atoms with Crippen LogP contribution in [0.4, 0.5) is 11.8 Å². The van der Waals surface area contributed by atoms with Crippen LogP contribution in [0.3, 0.4) is 0 Å². The predicted octanol–water partition coefficient (Wildman–Crippen LogP) is 5.51. The molecule has 2 saturated heterocycles. The molecule has 0 bridgehead atoms. The first kappa shape index (κ1) is 23.6. The Labute approximate surface area is 209 Å². The molecule has 2 aromatic carbocycles. The molecule has 3 aromatic rings. The highest BCUT2D eigenvalue weighted by molar-refractivity contribution is 5.43. The number of rotatable bonds is 8. The van der Waals surface area contributed by atoms with Crippen molar-refractivity contribution in [3.63, 3.8) is 0 Å². The van der Waals surface area contributed by atoms with E-state index < -0.39 is 0 Å². The summed E-state index contributed by atoms with van der Waals surface area (Å²) in [5.41, 5.74) is 2.44. The summed E-state index contributed by atoms with van der Waals surface area (Å²) in [5.74, 6) is 2.81. The van der Waals surface area contributed by atoms with E-state index in [2.05, 4.69) is 74.7 Å². The van der Waals surface area contributed by atoms with Gasteiger partial charge in [-0.2, -0.15) is 4.98 Å². The average Bonchev–Trinajstić information content (AvgIpc) is 3.20. The molecule has 35 heavy (non-hydrogen) atoms. The van der Waals surface area contributed by atoms with Gasteiger partial charge in [-0.3, -0.25) is 4.90 Å². The number of aromatic nitrogens is 2. The number of hydrogen-bond donors (Lipinski definition) is 1. The second kappa shape index (κ2) is 12.0. The lowest BCUT2D eigenvalue weighted by Gasteiger charge is -2.32. The Balaban J connectivity index is 1.12. The number of nitrogens with one attached hydrogen (secondary N) is 1. The van der Waals surface area contributed by atoms with Crippen LogP contribution in [0.25, 0.3) is 0 Å². The average molecular weight is 472 g/mol. The molecule has 0 saturated carbocycles. The van der Waals surface area contributed by atoms with Crippen molar-refractivity contribution in [2.75, 3.05) is 36.4 Å². The van der Waals surface area contributed by atoms with Gasteiger partial charge in [0, 0.05) is 50.5 Å². The van der Waals surface area contributed by atoms with E-state index in [0.29, 0.717) is 12.6 Å². The fraction of sp³-hybridized carbons (Fsp3) is 0.448. The van der Waals surface area contributed by atoms with Crippen LogP contribution in [0.1, 0.15) is 49.7 Å². The molecule has 2 fully saturated rings. The van der Waals surface area contributed by atoms with Gasteiger partial charge in [0.1, 0.15) is 18.2 Å². The smallest absolute Gasteiger partial charge is 0.224 e. The third kappa shape index (κ3) is 6.73. The zero-order valence-corrected chi connectivity index (χ0v) is 20.6. The highest BCUT2D eigenvalue weighted by atomic mass is 16.5. The molecular formula is C29H37N5O. The molecule has 1 N–H and O–H groups in total. The minimum absolute atomic E-state index is 0.412. The maximum absolute atomic E-state index is 6.17. The molecule has 0 atom stereocenters. The summed E-state index contributed by atoms with van der Waals surface area (Å²) in [4.78, 5) is 14.3. The van der Waals surface area contributed by atoms with Crippen molar-refractivity contribution in [2.24, 2.45) is 0 Å². The Kier molecular flexibility index (Phi) is 8.11. The SMILES string of the molecule is c1ccc(COc2ccccc2CN2CCC(Nc3nccc(N4CCCCCC4)n3)CC2)cc1. The minimum Gasteiger partial charge on any atom is -0.489 e. The molecule has 2 aliphatic rings. The van der Waals surface area contributed by atoms with E-state index in [1.807, 2.05) is 12.3 Å². The summed E-state index contributed by atoms with van der Waals surface area (Å²) >= 11 is 0. The molecule has 0 unspecified atom stereocenters. The van der Waals surface area contributed by atoms with Crippen LogP contribution < -0.4 is 15.0 Å². The normalized spacial score (nSPS) is 17.7. The Morgan fingerprint density at radius 3 is 2.37 bits per heavy atom.